The minimum atomic E-state index is 0.220. The van der Waals surface area contributed by atoms with Crippen molar-refractivity contribution < 1.29 is 0 Å². The number of fused-ring (bicyclic) bond motifs is 1. The molecular weight excluding hydrogens is 194 g/mol. The number of hydrogen-bond donors (Lipinski definition) is 0. The molecule has 1 aromatic rings. The van der Waals surface area contributed by atoms with Crippen LogP contribution in [0.15, 0.2) is 23.2 Å². The third-order valence-corrected chi connectivity index (χ3v) is 3.16. The zero-order valence-electron chi connectivity index (χ0n) is 10.8. The quantitative estimate of drug-likeness (QED) is 0.692. The summed E-state index contributed by atoms with van der Waals surface area (Å²) in [5.41, 5.74) is 5.56. The lowest BCUT2D eigenvalue weighted by atomic mass is 9.86. The number of benzene rings is 1. The van der Waals surface area contributed by atoms with E-state index in [1.165, 1.54) is 28.9 Å². The van der Waals surface area contributed by atoms with Crippen molar-refractivity contribution in [2.24, 2.45) is 4.99 Å². The Hall–Kier alpha value is -1.11. The lowest BCUT2D eigenvalue weighted by molar-refractivity contribution is 0.590. The highest BCUT2D eigenvalue weighted by atomic mass is 14.8. The normalized spacial score (nSPS) is 14.9. The van der Waals surface area contributed by atoms with E-state index in [4.69, 9.17) is 4.99 Å². The van der Waals surface area contributed by atoms with Gasteiger partial charge in [0.15, 0.2) is 0 Å². The van der Waals surface area contributed by atoms with E-state index < -0.39 is 0 Å². The molecule has 0 aliphatic carbocycles. The fourth-order valence-corrected chi connectivity index (χ4v) is 2.15. The number of aliphatic imine (C=N–C) groups is 1. The summed E-state index contributed by atoms with van der Waals surface area (Å²) in [6.07, 6.45) is 3.39. The van der Waals surface area contributed by atoms with Crippen LogP contribution in [0.4, 0.5) is 5.69 Å². The van der Waals surface area contributed by atoms with E-state index in [9.17, 15) is 0 Å². The topological polar surface area (TPSA) is 12.4 Å². The molecule has 0 atom stereocenters. The highest BCUT2D eigenvalue weighted by molar-refractivity contribution is 5.94. The van der Waals surface area contributed by atoms with Gasteiger partial charge >= 0.3 is 0 Å². The maximum Gasteiger partial charge on any atom is 0.0667 e. The van der Waals surface area contributed by atoms with E-state index >= 15 is 0 Å². The Morgan fingerprint density at radius 2 is 2.00 bits per heavy atom. The average molecular weight is 215 g/mol. The second-order valence-corrected chi connectivity index (χ2v) is 5.70. The summed E-state index contributed by atoms with van der Waals surface area (Å²) in [5.74, 6) is 0. The van der Waals surface area contributed by atoms with E-state index in [0.717, 1.165) is 12.8 Å². The van der Waals surface area contributed by atoms with Gasteiger partial charge in [-0.2, -0.15) is 0 Å². The molecule has 0 saturated heterocycles. The van der Waals surface area contributed by atoms with Crippen LogP contribution in [-0.2, 0) is 11.8 Å². The average Bonchev–Trinajstić information content (AvgIpc) is 2.57. The van der Waals surface area contributed by atoms with Crippen LogP contribution in [0.3, 0.4) is 0 Å². The molecule has 0 radical (unpaired) electrons. The Morgan fingerprint density at radius 1 is 1.25 bits per heavy atom. The van der Waals surface area contributed by atoms with Gasteiger partial charge in [0.25, 0.3) is 0 Å². The molecule has 0 saturated carbocycles. The van der Waals surface area contributed by atoms with Crippen molar-refractivity contribution in [1.29, 1.82) is 0 Å². The summed E-state index contributed by atoms with van der Waals surface area (Å²) in [6.45, 7) is 8.97. The Bertz CT molecular complexity index is 422. The summed E-state index contributed by atoms with van der Waals surface area (Å²) >= 11 is 0. The molecule has 86 valence electrons. The molecular formula is C15H21N. The van der Waals surface area contributed by atoms with Crippen molar-refractivity contribution in [3.63, 3.8) is 0 Å². The van der Waals surface area contributed by atoms with Crippen LogP contribution in [0.25, 0.3) is 0 Å². The van der Waals surface area contributed by atoms with Gasteiger partial charge in [-0.3, -0.25) is 4.99 Å². The monoisotopic (exact) mass is 215 g/mol. The lowest BCUT2D eigenvalue weighted by Crippen LogP contribution is -2.10. The molecule has 1 aliphatic heterocycles. The summed E-state index contributed by atoms with van der Waals surface area (Å²) in [6, 6.07) is 6.77. The van der Waals surface area contributed by atoms with Gasteiger partial charge in [0, 0.05) is 12.1 Å². The second-order valence-electron chi connectivity index (χ2n) is 5.70. The molecule has 0 aromatic heterocycles. The molecule has 0 N–H and O–H groups in total. The molecule has 0 spiro atoms. The first-order valence-corrected chi connectivity index (χ1v) is 6.20. The smallest absolute Gasteiger partial charge is 0.0667 e. The Labute approximate surface area is 98.6 Å². The maximum absolute atomic E-state index is 4.73. The zero-order chi connectivity index (χ0) is 11.8. The van der Waals surface area contributed by atoms with E-state index in [-0.39, 0.29) is 5.41 Å². The Morgan fingerprint density at radius 3 is 2.62 bits per heavy atom. The number of rotatable bonds is 2. The molecule has 16 heavy (non-hydrogen) atoms. The third-order valence-electron chi connectivity index (χ3n) is 3.16. The summed E-state index contributed by atoms with van der Waals surface area (Å²) in [7, 11) is 0. The highest BCUT2D eigenvalue weighted by Crippen LogP contribution is 2.33. The third kappa shape index (κ3) is 2.18. The number of hydrogen-bond acceptors (Lipinski definition) is 1. The largest absolute Gasteiger partial charge is 0.257 e. The van der Waals surface area contributed by atoms with Crippen LogP contribution in [0.5, 0.6) is 0 Å². The fourth-order valence-electron chi connectivity index (χ4n) is 2.15. The van der Waals surface area contributed by atoms with Crippen molar-refractivity contribution >= 4 is 11.4 Å². The minimum Gasteiger partial charge on any atom is -0.257 e. The first-order valence-electron chi connectivity index (χ1n) is 6.20. The van der Waals surface area contributed by atoms with Gasteiger partial charge in [0.2, 0.25) is 0 Å². The van der Waals surface area contributed by atoms with Crippen molar-refractivity contribution in [3.8, 4) is 0 Å². The zero-order valence-corrected chi connectivity index (χ0v) is 10.8. The van der Waals surface area contributed by atoms with E-state index in [2.05, 4.69) is 45.9 Å². The van der Waals surface area contributed by atoms with E-state index in [0.29, 0.717) is 0 Å². The molecule has 0 fully saturated rings. The predicted octanol–water partition coefficient (Wildman–Crippen LogP) is 4.41. The van der Waals surface area contributed by atoms with Crippen molar-refractivity contribution in [1.82, 2.24) is 0 Å². The molecule has 1 heterocycles. The fraction of sp³-hybridized carbons (Fsp3) is 0.533. The molecule has 1 heteroatoms. The Balaban J connectivity index is 2.31. The molecule has 1 aliphatic rings. The van der Waals surface area contributed by atoms with Crippen LogP contribution in [0, 0.1) is 0 Å². The summed E-state index contributed by atoms with van der Waals surface area (Å²) in [4.78, 5) is 4.73. The predicted molar refractivity (Wildman–Crippen MR) is 70.8 cm³/mol. The maximum atomic E-state index is 4.73. The van der Waals surface area contributed by atoms with Crippen molar-refractivity contribution in [3.05, 3.63) is 29.3 Å². The lowest BCUT2D eigenvalue weighted by Gasteiger charge is -2.19. The summed E-state index contributed by atoms with van der Waals surface area (Å²) < 4.78 is 0. The molecule has 1 nitrogen and oxygen atoms in total. The van der Waals surface area contributed by atoms with Crippen LogP contribution >= 0.6 is 0 Å². The second kappa shape index (κ2) is 4.04. The van der Waals surface area contributed by atoms with Crippen molar-refractivity contribution in [2.75, 3.05) is 0 Å². The number of nitrogens with zero attached hydrogens (tertiary/aromatic N) is 1. The molecule has 1 aromatic carbocycles. The van der Waals surface area contributed by atoms with Crippen LogP contribution < -0.4 is 0 Å². The van der Waals surface area contributed by atoms with Gasteiger partial charge in [-0.1, -0.05) is 46.2 Å². The molecule has 2 rings (SSSR count). The van der Waals surface area contributed by atoms with E-state index in [1.54, 1.807) is 0 Å². The summed E-state index contributed by atoms with van der Waals surface area (Å²) in [5, 5.41) is 0. The van der Waals surface area contributed by atoms with Gasteiger partial charge in [-0.25, -0.2) is 0 Å². The van der Waals surface area contributed by atoms with Gasteiger partial charge in [0.1, 0.15) is 0 Å². The first kappa shape index (κ1) is 11.4. The molecule has 0 unspecified atom stereocenters. The van der Waals surface area contributed by atoms with Crippen LogP contribution in [0.2, 0.25) is 0 Å². The Kier molecular flexibility index (Phi) is 2.88. The standard InChI is InChI=1S/C15H21N/c1-5-6-13-9-11-7-8-12(15(2,3)4)10-14(11)16-13/h7-8,10H,5-6,9H2,1-4H3. The van der Waals surface area contributed by atoms with E-state index in [1.807, 2.05) is 0 Å². The van der Waals surface area contributed by atoms with Gasteiger partial charge in [0.05, 0.1) is 5.69 Å². The molecule has 0 amide bonds. The molecule has 0 bridgehead atoms. The SMILES string of the molecule is CCCC1=Nc2cc(C(C)(C)C)ccc2C1. The van der Waals surface area contributed by atoms with Crippen molar-refractivity contribution in [2.45, 2.75) is 52.4 Å². The van der Waals surface area contributed by atoms with Crippen LogP contribution in [-0.4, -0.2) is 5.71 Å². The minimum absolute atomic E-state index is 0.220. The highest BCUT2D eigenvalue weighted by Gasteiger charge is 2.18. The first-order chi connectivity index (χ1) is 7.50. The van der Waals surface area contributed by atoms with Gasteiger partial charge < -0.3 is 0 Å². The van der Waals surface area contributed by atoms with Gasteiger partial charge in [-0.05, 0) is 29.0 Å². The van der Waals surface area contributed by atoms with Gasteiger partial charge in [-0.15, -0.1) is 0 Å². The van der Waals surface area contributed by atoms with Crippen LogP contribution in [0.1, 0.15) is 51.7 Å².